The summed E-state index contributed by atoms with van der Waals surface area (Å²) in [7, 11) is 0. The zero-order chi connectivity index (χ0) is 11.5. The van der Waals surface area contributed by atoms with Crippen molar-refractivity contribution in [1.29, 1.82) is 0 Å². The molecule has 0 aliphatic carbocycles. The standard InChI is InChI=1S/C14H15O/c1-6-11-9-8-10-13(12(11)7-2)15-14(3,4)5/h2,8-10H,1H2,3-5H3. The minimum absolute atomic E-state index is 0.259. The van der Waals surface area contributed by atoms with Crippen molar-refractivity contribution in [2.75, 3.05) is 0 Å². The van der Waals surface area contributed by atoms with Gasteiger partial charge in [0, 0.05) is 5.56 Å². The Kier molecular flexibility index (Phi) is 3.21. The summed E-state index contributed by atoms with van der Waals surface area (Å²) >= 11 is 0. The molecule has 0 heterocycles. The molecule has 0 fully saturated rings. The summed E-state index contributed by atoms with van der Waals surface area (Å²) in [6.07, 6.45) is 8.25. The summed E-state index contributed by atoms with van der Waals surface area (Å²) in [5.41, 5.74) is 1.26. The van der Waals surface area contributed by atoms with Crippen molar-refractivity contribution >= 4 is 0 Å². The first-order chi connectivity index (χ1) is 6.98. The van der Waals surface area contributed by atoms with Gasteiger partial charge >= 0.3 is 0 Å². The van der Waals surface area contributed by atoms with Crippen molar-refractivity contribution in [2.45, 2.75) is 26.4 Å². The van der Waals surface area contributed by atoms with Crippen LogP contribution in [-0.4, -0.2) is 5.60 Å². The fourth-order valence-electron chi connectivity index (χ4n) is 1.24. The van der Waals surface area contributed by atoms with E-state index in [0.717, 1.165) is 5.56 Å². The number of hydrogen-bond donors (Lipinski definition) is 0. The van der Waals surface area contributed by atoms with Crippen LogP contribution in [0.4, 0.5) is 0 Å². The van der Waals surface area contributed by atoms with E-state index in [2.05, 4.69) is 18.6 Å². The molecule has 0 aliphatic heterocycles. The first-order valence-electron chi connectivity index (χ1n) is 4.79. The van der Waals surface area contributed by atoms with E-state index in [9.17, 15) is 0 Å². The smallest absolute Gasteiger partial charge is 0.136 e. The molecule has 1 radical (unpaired) electrons. The molecule has 77 valence electrons. The molecule has 1 aromatic carbocycles. The number of terminal acetylenes is 1. The fraction of sp³-hybridized carbons (Fsp3) is 0.286. The molecule has 1 nitrogen and oxygen atoms in total. The average molecular weight is 199 g/mol. The summed E-state index contributed by atoms with van der Waals surface area (Å²) < 4.78 is 5.76. The van der Waals surface area contributed by atoms with Crippen molar-refractivity contribution < 1.29 is 4.74 Å². The molecule has 0 saturated carbocycles. The lowest BCUT2D eigenvalue weighted by atomic mass is 10.1. The van der Waals surface area contributed by atoms with Crippen LogP contribution in [0.1, 0.15) is 31.9 Å². The van der Waals surface area contributed by atoms with Crippen LogP contribution in [-0.2, 0) is 0 Å². The Hall–Kier alpha value is -1.68. The van der Waals surface area contributed by atoms with Crippen molar-refractivity contribution in [3.63, 3.8) is 0 Å². The van der Waals surface area contributed by atoms with E-state index in [1.165, 1.54) is 0 Å². The van der Waals surface area contributed by atoms with Gasteiger partial charge in [-0.2, -0.15) is 0 Å². The van der Waals surface area contributed by atoms with Gasteiger partial charge in [-0.25, -0.2) is 0 Å². The third-order valence-electron chi connectivity index (χ3n) is 1.78. The molecule has 15 heavy (non-hydrogen) atoms. The van der Waals surface area contributed by atoms with Gasteiger partial charge in [0.25, 0.3) is 0 Å². The van der Waals surface area contributed by atoms with Crippen LogP contribution in [0, 0.1) is 18.4 Å². The fourth-order valence-corrected chi connectivity index (χ4v) is 1.24. The lowest BCUT2D eigenvalue weighted by molar-refractivity contribution is 0.130. The second kappa shape index (κ2) is 4.23. The summed E-state index contributed by atoms with van der Waals surface area (Å²) in [5.74, 6) is 3.32. The predicted octanol–water partition coefficient (Wildman–Crippen LogP) is 3.18. The van der Waals surface area contributed by atoms with E-state index in [4.69, 9.17) is 11.2 Å². The molecule has 1 heteroatoms. The normalized spacial score (nSPS) is 10.5. The molecular weight excluding hydrogens is 184 g/mol. The van der Waals surface area contributed by atoms with E-state index >= 15 is 0 Å². The lowest BCUT2D eigenvalue weighted by Gasteiger charge is -2.22. The number of rotatable bonds is 2. The molecule has 0 bridgehead atoms. The maximum absolute atomic E-state index is 5.76. The maximum atomic E-state index is 5.76. The van der Waals surface area contributed by atoms with Crippen LogP contribution in [0.25, 0.3) is 0 Å². The summed E-state index contributed by atoms with van der Waals surface area (Å²) in [4.78, 5) is 0. The highest BCUT2D eigenvalue weighted by Gasteiger charge is 2.14. The number of ether oxygens (including phenoxy) is 1. The van der Waals surface area contributed by atoms with E-state index in [-0.39, 0.29) is 5.60 Å². The second-order valence-corrected chi connectivity index (χ2v) is 4.21. The van der Waals surface area contributed by atoms with Crippen LogP contribution in [0.3, 0.4) is 0 Å². The summed E-state index contributed by atoms with van der Waals surface area (Å²) in [6.45, 7) is 9.55. The quantitative estimate of drug-likeness (QED) is 0.665. The van der Waals surface area contributed by atoms with Crippen LogP contribution in [0.15, 0.2) is 24.8 Å². The van der Waals surface area contributed by atoms with Gasteiger partial charge in [-0.3, -0.25) is 0 Å². The molecule has 0 aliphatic rings. The Morgan fingerprint density at radius 1 is 1.33 bits per heavy atom. The zero-order valence-corrected chi connectivity index (χ0v) is 9.42. The van der Waals surface area contributed by atoms with Crippen LogP contribution in [0.2, 0.25) is 0 Å². The molecule has 0 amide bonds. The SMILES string of the molecule is C#Cc1c([C]=C)cccc1OC(C)(C)C. The van der Waals surface area contributed by atoms with Gasteiger partial charge in [0.1, 0.15) is 11.4 Å². The van der Waals surface area contributed by atoms with Crippen molar-refractivity contribution in [3.05, 3.63) is 42.0 Å². The van der Waals surface area contributed by atoms with Gasteiger partial charge in [0.05, 0.1) is 5.56 Å². The van der Waals surface area contributed by atoms with E-state index in [1.54, 1.807) is 0 Å². The molecule has 0 aromatic heterocycles. The van der Waals surface area contributed by atoms with Crippen molar-refractivity contribution in [3.8, 4) is 18.1 Å². The van der Waals surface area contributed by atoms with Gasteiger partial charge in [-0.05, 0) is 32.9 Å². The first kappa shape index (κ1) is 11.4. The maximum Gasteiger partial charge on any atom is 0.136 e. The highest BCUT2D eigenvalue weighted by atomic mass is 16.5. The third kappa shape index (κ3) is 2.89. The van der Waals surface area contributed by atoms with Gasteiger partial charge in [-0.1, -0.05) is 24.6 Å². The van der Waals surface area contributed by atoms with Crippen molar-refractivity contribution in [1.82, 2.24) is 0 Å². The Labute approximate surface area is 91.8 Å². The lowest BCUT2D eigenvalue weighted by Crippen LogP contribution is -2.23. The predicted molar refractivity (Wildman–Crippen MR) is 62.7 cm³/mol. The van der Waals surface area contributed by atoms with E-state index in [0.29, 0.717) is 11.3 Å². The average Bonchev–Trinajstić information content (AvgIpc) is 2.15. The van der Waals surface area contributed by atoms with Gasteiger partial charge in [-0.15, -0.1) is 6.42 Å². The molecular formula is C14H15O. The molecule has 0 saturated heterocycles. The Balaban J connectivity index is 3.19. The van der Waals surface area contributed by atoms with E-state index in [1.807, 2.05) is 39.0 Å². The molecule has 0 spiro atoms. The largest absolute Gasteiger partial charge is 0.487 e. The highest BCUT2D eigenvalue weighted by molar-refractivity contribution is 5.52. The molecule has 1 aromatic rings. The van der Waals surface area contributed by atoms with Crippen LogP contribution >= 0.6 is 0 Å². The molecule has 0 N–H and O–H groups in total. The topological polar surface area (TPSA) is 9.23 Å². The van der Waals surface area contributed by atoms with Gasteiger partial charge in [0.15, 0.2) is 0 Å². The van der Waals surface area contributed by atoms with Crippen molar-refractivity contribution in [2.24, 2.45) is 0 Å². The minimum Gasteiger partial charge on any atom is -0.487 e. The molecule has 1 rings (SSSR count). The van der Waals surface area contributed by atoms with Gasteiger partial charge < -0.3 is 4.74 Å². The third-order valence-corrected chi connectivity index (χ3v) is 1.78. The monoisotopic (exact) mass is 199 g/mol. The van der Waals surface area contributed by atoms with Crippen LogP contribution < -0.4 is 4.74 Å². The zero-order valence-electron chi connectivity index (χ0n) is 9.42. The summed E-state index contributed by atoms with van der Waals surface area (Å²) in [5, 5.41) is 0. The van der Waals surface area contributed by atoms with Crippen LogP contribution in [0.5, 0.6) is 5.75 Å². The minimum atomic E-state index is -0.259. The Morgan fingerprint density at radius 3 is 2.47 bits per heavy atom. The van der Waals surface area contributed by atoms with E-state index < -0.39 is 0 Å². The second-order valence-electron chi connectivity index (χ2n) is 4.21. The number of benzene rings is 1. The Bertz CT molecular complexity index is 402. The molecule has 0 atom stereocenters. The Morgan fingerprint density at radius 2 is 2.00 bits per heavy atom. The highest BCUT2D eigenvalue weighted by Crippen LogP contribution is 2.25. The number of hydrogen-bond acceptors (Lipinski definition) is 1. The first-order valence-corrected chi connectivity index (χ1v) is 4.79. The molecule has 0 unspecified atom stereocenters. The van der Waals surface area contributed by atoms with Gasteiger partial charge in [0.2, 0.25) is 0 Å². The summed E-state index contributed by atoms with van der Waals surface area (Å²) in [6, 6.07) is 5.62.